The van der Waals surface area contributed by atoms with Gasteiger partial charge in [0, 0.05) is 25.0 Å². The second-order valence-electron chi connectivity index (χ2n) is 4.27. The molecule has 0 aliphatic carbocycles. The van der Waals surface area contributed by atoms with Gasteiger partial charge in [0.15, 0.2) is 11.4 Å². The number of carbonyl (C=O) groups excluding carboxylic acids is 1. The van der Waals surface area contributed by atoms with Gasteiger partial charge in [0.1, 0.15) is 0 Å². The molecule has 0 aliphatic heterocycles. The van der Waals surface area contributed by atoms with Crippen LogP contribution in [0.4, 0.5) is 0 Å². The molecule has 0 saturated carbocycles. The minimum atomic E-state index is -0.436. The molecule has 0 unspecified atom stereocenters. The number of benzene rings is 1. The van der Waals surface area contributed by atoms with Gasteiger partial charge in [-0.1, -0.05) is 0 Å². The Morgan fingerprint density at radius 1 is 1.42 bits per heavy atom. The quantitative estimate of drug-likeness (QED) is 0.661. The van der Waals surface area contributed by atoms with Crippen LogP contribution >= 0.6 is 0 Å². The predicted molar refractivity (Wildman–Crippen MR) is 68.0 cm³/mol. The molecule has 0 spiro atoms. The Labute approximate surface area is 107 Å². The molecule has 3 aromatic rings. The van der Waals surface area contributed by atoms with Crippen molar-refractivity contribution in [2.24, 2.45) is 7.05 Å². The summed E-state index contributed by atoms with van der Waals surface area (Å²) in [6.07, 6.45) is 4.92. The van der Waals surface area contributed by atoms with Gasteiger partial charge in [-0.15, -0.1) is 0 Å². The minimum Gasteiger partial charge on any atom is -0.408 e. The van der Waals surface area contributed by atoms with Gasteiger partial charge in [-0.2, -0.15) is 0 Å². The minimum absolute atomic E-state index is 0.0635. The molecule has 0 bridgehead atoms. The summed E-state index contributed by atoms with van der Waals surface area (Å²) in [6.45, 7) is 0.211. The van der Waals surface area contributed by atoms with E-state index in [2.05, 4.69) is 4.98 Å². The lowest BCUT2D eigenvalue weighted by Gasteiger charge is -2.02. The molecule has 3 rings (SSSR count). The van der Waals surface area contributed by atoms with Gasteiger partial charge < -0.3 is 8.98 Å². The van der Waals surface area contributed by atoms with Crippen molar-refractivity contribution in [3.05, 3.63) is 53.0 Å². The Morgan fingerprint density at radius 2 is 2.26 bits per heavy atom. The first-order valence-corrected chi connectivity index (χ1v) is 5.73. The average Bonchev–Trinajstić information content (AvgIpc) is 2.99. The van der Waals surface area contributed by atoms with Gasteiger partial charge in [0.2, 0.25) is 0 Å². The summed E-state index contributed by atoms with van der Waals surface area (Å²) in [4.78, 5) is 27.3. The Morgan fingerprint density at radius 3 is 3.00 bits per heavy atom. The summed E-state index contributed by atoms with van der Waals surface area (Å²) in [5.41, 5.74) is 1.60. The van der Waals surface area contributed by atoms with E-state index in [1.807, 2.05) is 0 Å². The van der Waals surface area contributed by atoms with Crippen LogP contribution in [0.5, 0.6) is 0 Å². The van der Waals surface area contributed by atoms with Crippen LogP contribution in [0.1, 0.15) is 10.4 Å². The van der Waals surface area contributed by atoms with E-state index in [1.165, 1.54) is 4.57 Å². The van der Waals surface area contributed by atoms with Crippen LogP contribution in [0.15, 0.2) is 46.1 Å². The van der Waals surface area contributed by atoms with E-state index in [0.29, 0.717) is 16.7 Å². The van der Waals surface area contributed by atoms with Crippen molar-refractivity contribution in [2.75, 3.05) is 0 Å². The van der Waals surface area contributed by atoms with Crippen molar-refractivity contribution in [2.45, 2.75) is 6.54 Å². The highest BCUT2D eigenvalue weighted by Crippen LogP contribution is 2.15. The van der Waals surface area contributed by atoms with Crippen molar-refractivity contribution in [1.29, 1.82) is 0 Å². The van der Waals surface area contributed by atoms with E-state index in [-0.39, 0.29) is 12.3 Å². The Bertz CT molecular complexity index is 796. The van der Waals surface area contributed by atoms with Crippen LogP contribution in [0.25, 0.3) is 11.1 Å². The molecule has 0 amide bonds. The summed E-state index contributed by atoms with van der Waals surface area (Å²) in [5.74, 6) is -0.499. The summed E-state index contributed by atoms with van der Waals surface area (Å²) in [7, 11) is 1.63. The smallest absolute Gasteiger partial charge is 0.408 e. The number of aromatic nitrogens is 3. The lowest BCUT2D eigenvalue weighted by Crippen LogP contribution is -2.09. The van der Waals surface area contributed by atoms with Crippen LogP contribution in [-0.4, -0.2) is 19.9 Å². The van der Waals surface area contributed by atoms with Gasteiger partial charge in [0.25, 0.3) is 0 Å². The molecule has 6 heteroatoms. The molecule has 6 nitrogen and oxygen atoms in total. The van der Waals surface area contributed by atoms with Crippen LogP contribution in [0.2, 0.25) is 0 Å². The largest absolute Gasteiger partial charge is 0.419 e. The number of aryl methyl sites for hydroxylation is 1. The molecule has 2 aromatic heterocycles. The van der Waals surface area contributed by atoms with Crippen LogP contribution in [0.3, 0.4) is 0 Å². The molecule has 0 saturated heterocycles. The Kier molecular flexibility index (Phi) is 2.56. The molecule has 2 heterocycles. The van der Waals surface area contributed by atoms with Crippen LogP contribution in [-0.2, 0) is 13.6 Å². The van der Waals surface area contributed by atoms with Gasteiger partial charge in [-0.05, 0) is 18.2 Å². The highest BCUT2D eigenvalue weighted by Gasteiger charge is 2.11. The highest BCUT2D eigenvalue weighted by molar-refractivity contribution is 5.98. The zero-order valence-electron chi connectivity index (χ0n) is 10.2. The van der Waals surface area contributed by atoms with E-state index in [4.69, 9.17) is 4.42 Å². The van der Waals surface area contributed by atoms with Gasteiger partial charge in [-0.3, -0.25) is 9.36 Å². The van der Waals surface area contributed by atoms with Crippen molar-refractivity contribution in [1.82, 2.24) is 14.1 Å². The van der Waals surface area contributed by atoms with Crippen molar-refractivity contribution >= 4 is 16.9 Å². The monoisotopic (exact) mass is 257 g/mol. The number of hydrogen-bond donors (Lipinski definition) is 0. The molecule has 0 aliphatic rings. The predicted octanol–water partition coefficient (Wildman–Crippen LogP) is 1.21. The number of imidazole rings is 1. The van der Waals surface area contributed by atoms with Gasteiger partial charge in [-0.25, -0.2) is 9.78 Å². The third kappa shape index (κ3) is 1.97. The molecule has 19 heavy (non-hydrogen) atoms. The standard InChI is InChI=1S/C13H11N3O3/c1-15-10-3-2-9(6-12(10)19-13(15)18)11(17)7-16-5-4-14-8-16/h2-6,8H,7H2,1H3. The number of hydrogen-bond acceptors (Lipinski definition) is 4. The average molecular weight is 257 g/mol. The zero-order chi connectivity index (χ0) is 13.4. The van der Waals surface area contributed by atoms with Gasteiger partial charge >= 0.3 is 5.76 Å². The lowest BCUT2D eigenvalue weighted by molar-refractivity contribution is 0.0972. The number of fused-ring (bicyclic) bond motifs is 1. The van der Waals surface area contributed by atoms with Crippen molar-refractivity contribution < 1.29 is 9.21 Å². The normalized spacial score (nSPS) is 11.0. The second kappa shape index (κ2) is 4.24. The fourth-order valence-corrected chi connectivity index (χ4v) is 1.94. The molecule has 1 aromatic carbocycles. The topological polar surface area (TPSA) is 70.0 Å². The summed E-state index contributed by atoms with van der Waals surface area (Å²) in [6, 6.07) is 4.99. The molecule has 0 radical (unpaired) electrons. The zero-order valence-corrected chi connectivity index (χ0v) is 10.2. The number of carbonyl (C=O) groups is 1. The van der Waals surface area contributed by atoms with Crippen molar-refractivity contribution in [3.8, 4) is 0 Å². The third-order valence-electron chi connectivity index (χ3n) is 3.00. The fraction of sp³-hybridized carbons (Fsp3) is 0.154. The summed E-state index contributed by atoms with van der Waals surface area (Å²) in [5, 5.41) is 0. The Balaban J connectivity index is 1.97. The maximum absolute atomic E-state index is 12.1. The van der Waals surface area contributed by atoms with E-state index in [0.717, 1.165) is 0 Å². The number of ketones is 1. The van der Waals surface area contributed by atoms with E-state index < -0.39 is 5.76 Å². The van der Waals surface area contributed by atoms with Crippen LogP contribution < -0.4 is 5.76 Å². The summed E-state index contributed by atoms with van der Waals surface area (Å²) < 4.78 is 8.15. The second-order valence-corrected chi connectivity index (χ2v) is 4.27. The van der Waals surface area contributed by atoms with Crippen molar-refractivity contribution in [3.63, 3.8) is 0 Å². The van der Waals surface area contributed by atoms with E-state index in [9.17, 15) is 9.59 Å². The number of nitrogens with zero attached hydrogens (tertiary/aromatic N) is 3. The SMILES string of the molecule is Cn1c(=O)oc2cc(C(=O)Cn3ccnc3)ccc21. The first-order chi connectivity index (χ1) is 9.15. The maximum atomic E-state index is 12.1. The first kappa shape index (κ1) is 11.5. The number of Topliss-reactive ketones (excluding diaryl/α,β-unsaturated/α-hetero) is 1. The molecule has 0 N–H and O–H groups in total. The summed E-state index contributed by atoms with van der Waals surface area (Å²) >= 11 is 0. The molecular weight excluding hydrogens is 246 g/mol. The molecule has 0 fully saturated rings. The molecule has 96 valence electrons. The number of rotatable bonds is 3. The molecule has 0 atom stereocenters. The fourth-order valence-electron chi connectivity index (χ4n) is 1.94. The Hall–Kier alpha value is -2.63. The van der Waals surface area contributed by atoms with E-state index in [1.54, 1.807) is 48.5 Å². The van der Waals surface area contributed by atoms with Gasteiger partial charge in [0.05, 0.1) is 18.4 Å². The first-order valence-electron chi connectivity index (χ1n) is 5.73. The lowest BCUT2D eigenvalue weighted by atomic mass is 10.1. The third-order valence-corrected chi connectivity index (χ3v) is 3.00. The maximum Gasteiger partial charge on any atom is 0.419 e. The number of oxazole rings is 1. The van der Waals surface area contributed by atoms with E-state index >= 15 is 0 Å². The molecular formula is C13H11N3O3. The van der Waals surface area contributed by atoms with Crippen LogP contribution in [0, 0.1) is 0 Å². The highest BCUT2D eigenvalue weighted by atomic mass is 16.4.